The van der Waals surface area contributed by atoms with Crippen LogP contribution in [-0.4, -0.2) is 45.6 Å². The van der Waals surface area contributed by atoms with Gasteiger partial charge in [-0.3, -0.25) is 0 Å². The summed E-state index contributed by atoms with van der Waals surface area (Å²) in [5.41, 5.74) is 1.44. The van der Waals surface area contributed by atoms with Crippen molar-refractivity contribution in [2.24, 2.45) is 0 Å². The fourth-order valence-corrected chi connectivity index (χ4v) is 3.68. The molecule has 28 heavy (non-hydrogen) atoms. The molecular formula is C19H17Cl2FN6. The van der Waals surface area contributed by atoms with Crippen LogP contribution in [0.15, 0.2) is 42.7 Å². The lowest BCUT2D eigenvalue weighted by Crippen LogP contribution is -2.53. The lowest BCUT2D eigenvalue weighted by atomic mass is 10.1. The van der Waals surface area contributed by atoms with Crippen LogP contribution in [0.5, 0.6) is 0 Å². The van der Waals surface area contributed by atoms with Gasteiger partial charge in [0, 0.05) is 49.7 Å². The molecule has 1 unspecified atom stereocenters. The third-order valence-corrected chi connectivity index (χ3v) is 5.10. The van der Waals surface area contributed by atoms with E-state index in [9.17, 15) is 4.39 Å². The first kappa shape index (κ1) is 18.8. The first-order valence-corrected chi connectivity index (χ1v) is 9.55. The van der Waals surface area contributed by atoms with Crippen molar-refractivity contribution in [2.45, 2.75) is 13.0 Å². The Balaban J connectivity index is 1.58. The van der Waals surface area contributed by atoms with Gasteiger partial charge in [0.05, 0.1) is 5.69 Å². The highest BCUT2D eigenvalue weighted by atomic mass is 35.5. The summed E-state index contributed by atoms with van der Waals surface area (Å²) in [7, 11) is 0. The molecule has 144 valence electrons. The lowest BCUT2D eigenvalue weighted by molar-refractivity contribution is 0.537. The molecule has 0 N–H and O–H groups in total. The Morgan fingerprint density at radius 1 is 1.04 bits per heavy atom. The van der Waals surface area contributed by atoms with Crippen LogP contribution in [0.25, 0.3) is 11.3 Å². The molecule has 1 aliphatic rings. The zero-order valence-corrected chi connectivity index (χ0v) is 16.6. The Morgan fingerprint density at radius 2 is 1.79 bits per heavy atom. The van der Waals surface area contributed by atoms with E-state index in [1.165, 1.54) is 12.1 Å². The van der Waals surface area contributed by atoms with Crippen LogP contribution in [0.3, 0.4) is 0 Å². The number of aromatic nitrogens is 4. The van der Waals surface area contributed by atoms with Crippen LogP contribution in [0.4, 0.5) is 16.2 Å². The molecule has 1 aromatic carbocycles. The molecule has 0 saturated carbocycles. The Hall–Kier alpha value is -2.51. The Kier molecular flexibility index (Phi) is 5.28. The van der Waals surface area contributed by atoms with E-state index in [0.717, 1.165) is 5.56 Å². The second kappa shape index (κ2) is 7.85. The standard InChI is InChI=1S/C19H17Cl2FN6/c1-12-11-27(18-17(21)23-6-7-24-18)8-9-28(12)19-25-15(10-16(20)26-19)13-2-4-14(22)5-3-13/h2-7,10,12H,8-9,11H2,1H3. The maximum absolute atomic E-state index is 13.2. The number of anilines is 2. The molecule has 1 aliphatic heterocycles. The van der Waals surface area contributed by atoms with Crippen molar-refractivity contribution < 1.29 is 4.39 Å². The molecule has 1 saturated heterocycles. The monoisotopic (exact) mass is 418 g/mol. The highest BCUT2D eigenvalue weighted by Gasteiger charge is 2.28. The van der Waals surface area contributed by atoms with Gasteiger partial charge in [-0.05, 0) is 31.2 Å². The maximum Gasteiger partial charge on any atom is 0.227 e. The fourth-order valence-electron chi connectivity index (χ4n) is 3.28. The molecule has 2 aromatic heterocycles. The van der Waals surface area contributed by atoms with Crippen LogP contribution in [0, 0.1) is 5.82 Å². The summed E-state index contributed by atoms with van der Waals surface area (Å²) in [6.45, 7) is 4.15. The molecule has 0 bridgehead atoms. The van der Waals surface area contributed by atoms with Gasteiger partial charge >= 0.3 is 0 Å². The van der Waals surface area contributed by atoms with Crippen LogP contribution in [0.2, 0.25) is 10.3 Å². The third kappa shape index (κ3) is 3.86. The summed E-state index contributed by atoms with van der Waals surface area (Å²) >= 11 is 12.4. The Bertz CT molecular complexity index is 984. The van der Waals surface area contributed by atoms with Crippen molar-refractivity contribution in [2.75, 3.05) is 29.4 Å². The molecule has 9 heteroatoms. The van der Waals surface area contributed by atoms with Gasteiger partial charge in [-0.15, -0.1) is 0 Å². The van der Waals surface area contributed by atoms with Gasteiger partial charge in [0.2, 0.25) is 5.95 Å². The van der Waals surface area contributed by atoms with Crippen LogP contribution in [0.1, 0.15) is 6.92 Å². The highest BCUT2D eigenvalue weighted by molar-refractivity contribution is 6.31. The molecule has 0 spiro atoms. The van der Waals surface area contributed by atoms with Gasteiger partial charge in [0.25, 0.3) is 0 Å². The number of hydrogen-bond acceptors (Lipinski definition) is 6. The maximum atomic E-state index is 13.2. The summed E-state index contributed by atoms with van der Waals surface area (Å²) < 4.78 is 13.2. The average molecular weight is 419 g/mol. The van der Waals surface area contributed by atoms with Gasteiger partial charge < -0.3 is 9.80 Å². The molecule has 4 rings (SSSR count). The fraction of sp³-hybridized carbons (Fsp3) is 0.263. The van der Waals surface area contributed by atoms with E-state index in [4.69, 9.17) is 23.2 Å². The predicted molar refractivity (Wildman–Crippen MR) is 108 cm³/mol. The summed E-state index contributed by atoms with van der Waals surface area (Å²) in [5.74, 6) is 0.926. The highest BCUT2D eigenvalue weighted by Crippen LogP contribution is 2.27. The van der Waals surface area contributed by atoms with E-state index >= 15 is 0 Å². The van der Waals surface area contributed by atoms with E-state index < -0.39 is 0 Å². The van der Waals surface area contributed by atoms with Crippen molar-refractivity contribution in [3.63, 3.8) is 0 Å². The number of rotatable bonds is 3. The van der Waals surface area contributed by atoms with Gasteiger partial charge in [-0.1, -0.05) is 23.2 Å². The van der Waals surface area contributed by atoms with Gasteiger partial charge in [-0.25, -0.2) is 24.3 Å². The molecule has 3 heterocycles. The normalized spacial score (nSPS) is 17.1. The zero-order valence-electron chi connectivity index (χ0n) is 15.1. The van der Waals surface area contributed by atoms with Crippen molar-refractivity contribution in [3.05, 3.63) is 58.8 Å². The average Bonchev–Trinajstić information content (AvgIpc) is 2.68. The van der Waals surface area contributed by atoms with E-state index in [1.54, 1.807) is 30.6 Å². The van der Waals surface area contributed by atoms with E-state index in [1.807, 2.05) is 0 Å². The first-order valence-electron chi connectivity index (χ1n) is 8.80. The molecular weight excluding hydrogens is 402 g/mol. The third-order valence-electron chi connectivity index (χ3n) is 4.64. The summed E-state index contributed by atoms with van der Waals surface area (Å²) in [5, 5.41) is 0.733. The molecule has 0 aliphatic carbocycles. The topological polar surface area (TPSA) is 58.0 Å². The number of halogens is 3. The van der Waals surface area contributed by atoms with E-state index in [0.29, 0.717) is 47.4 Å². The minimum atomic E-state index is -0.295. The molecule has 0 radical (unpaired) electrons. The summed E-state index contributed by atoms with van der Waals surface area (Å²) in [4.78, 5) is 21.7. The molecule has 1 atom stereocenters. The quantitative estimate of drug-likeness (QED) is 0.596. The largest absolute Gasteiger partial charge is 0.350 e. The lowest BCUT2D eigenvalue weighted by Gasteiger charge is -2.40. The smallest absolute Gasteiger partial charge is 0.227 e. The zero-order chi connectivity index (χ0) is 19.7. The van der Waals surface area contributed by atoms with E-state index in [-0.39, 0.29) is 11.9 Å². The van der Waals surface area contributed by atoms with Crippen molar-refractivity contribution in [1.82, 2.24) is 19.9 Å². The first-order chi connectivity index (χ1) is 13.5. The SMILES string of the molecule is CC1CN(c2nccnc2Cl)CCN1c1nc(Cl)cc(-c2ccc(F)cc2)n1. The van der Waals surface area contributed by atoms with Gasteiger partial charge in [0.1, 0.15) is 11.0 Å². The number of nitrogens with zero attached hydrogens (tertiary/aromatic N) is 6. The Labute approximate surface area is 172 Å². The molecule has 1 fully saturated rings. The van der Waals surface area contributed by atoms with Crippen molar-refractivity contribution in [3.8, 4) is 11.3 Å². The molecule has 0 amide bonds. The van der Waals surface area contributed by atoms with Crippen LogP contribution >= 0.6 is 23.2 Å². The predicted octanol–water partition coefficient (Wildman–Crippen LogP) is 4.09. The van der Waals surface area contributed by atoms with Crippen LogP contribution in [-0.2, 0) is 0 Å². The Morgan fingerprint density at radius 3 is 2.50 bits per heavy atom. The number of benzene rings is 1. The number of piperazine rings is 1. The van der Waals surface area contributed by atoms with Gasteiger partial charge in [0.15, 0.2) is 11.0 Å². The van der Waals surface area contributed by atoms with Crippen molar-refractivity contribution >= 4 is 35.0 Å². The van der Waals surface area contributed by atoms with Crippen LogP contribution < -0.4 is 9.80 Å². The molecule has 6 nitrogen and oxygen atoms in total. The van der Waals surface area contributed by atoms with Gasteiger partial charge in [-0.2, -0.15) is 0 Å². The summed E-state index contributed by atoms with van der Waals surface area (Å²) in [6.07, 6.45) is 3.20. The minimum absolute atomic E-state index is 0.103. The number of hydrogen-bond donors (Lipinski definition) is 0. The second-order valence-electron chi connectivity index (χ2n) is 6.54. The minimum Gasteiger partial charge on any atom is -0.350 e. The second-order valence-corrected chi connectivity index (χ2v) is 7.29. The summed E-state index contributed by atoms with van der Waals surface area (Å²) in [6, 6.07) is 7.93. The van der Waals surface area contributed by atoms with E-state index in [2.05, 4.69) is 36.7 Å². The van der Waals surface area contributed by atoms with Crippen molar-refractivity contribution in [1.29, 1.82) is 0 Å². The molecule has 3 aromatic rings.